The molecule has 2 N–H and O–H groups in total. The fourth-order valence-corrected chi connectivity index (χ4v) is 2.96. The molecule has 94 valence electrons. The van der Waals surface area contributed by atoms with Gasteiger partial charge in [-0.15, -0.1) is 0 Å². The van der Waals surface area contributed by atoms with Crippen LogP contribution in [0, 0.1) is 5.92 Å². The molecule has 1 saturated carbocycles. The van der Waals surface area contributed by atoms with Gasteiger partial charge in [-0.05, 0) is 45.1 Å². The van der Waals surface area contributed by atoms with Crippen LogP contribution in [0.5, 0.6) is 0 Å². The summed E-state index contributed by atoms with van der Waals surface area (Å²) in [6.07, 6.45) is 8.39. The molecule has 2 fully saturated rings. The van der Waals surface area contributed by atoms with E-state index in [1.165, 1.54) is 38.5 Å². The average Bonchev–Trinajstić information content (AvgIpc) is 2.24. The predicted octanol–water partition coefficient (Wildman–Crippen LogP) is 1.61. The minimum absolute atomic E-state index is 0.452. The number of nitrogens with zero attached hydrogens (tertiary/aromatic N) is 1. The van der Waals surface area contributed by atoms with Gasteiger partial charge in [-0.2, -0.15) is 0 Å². The van der Waals surface area contributed by atoms with Gasteiger partial charge in [0.1, 0.15) is 0 Å². The minimum Gasteiger partial charge on any atom is -0.377 e. The number of likely N-dealkylation sites (N-methyl/N-ethyl adjacent to an activating group) is 1. The molecule has 1 aliphatic carbocycles. The van der Waals surface area contributed by atoms with Gasteiger partial charge in [-0.3, -0.25) is 4.90 Å². The topological polar surface area (TPSA) is 38.5 Å². The molecule has 2 atom stereocenters. The van der Waals surface area contributed by atoms with Gasteiger partial charge in [0, 0.05) is 25.7 Å². The number of hydrogen-bond donors (Lipinski definition) is 1. The van der Waals surface area contributed by atoms with Gasteiger partial charge in [0.2, 0.25) is 0 Å². The van der Waals surface area contributed by atoms with Crippen molar-refractivity contribution >= 4 is 0 Å². The van der Waals surface area contributed by atoms with E-state index < -0.39 is 0 Å². The molecule has 1 saturated heterocycles. The second-order valence-corrected chi connectivity index (χ2v) is 5.42. The monoisotopic (exact) mass is 226 g/mol. The smallest absolute Gasteiger partial charge is 0.0702 e. The van der Waals surface area contributed by atoms with Crippen molar-refractivity contribution in [2.24, 2.45) is 11.7 Å². The Labute approximate surface area is 99.3 Å². The van der Waals surface area contributed by atoms with E-state index in [4.69, 9.17) is 10.5 Å². The third kappa shape index (κ3) is 2.96. The summed E-state index contributed by atoms with van der Waals surface area (Å²) in [5.74, 6) is 0.846. The molecule has 0 amide bonds. The van der Waals surface area contributed by atoms with Crippen LogP contribution in [0.2, 0.25) is 0 Å². The van der Waals surface area contributed by atoms with Gasteiger partial charge in [-0.25, -0.2) is 0 Å². The van der Waals surface area contributed by atoms with E-state index >= 15 is 0 Å². The van der Waals surface area contributed by atoms with Gasteiger partial charge in [0.15, 0.2) is 0 Å². The highest BCUT2D eigenvalue weighted by molar-refractivity contribution is 4.85. The lowest BCUT2D eigenvalue weighted by Crippen LogP contribution is -2.48. The highest BCUT2D eigenvalue weighted by Crippen LogP contribution is 2.31. The van der Waals surface area contributed by atoms with Crippen LogP contribution >= 0.6 is 0 Å². The summed E-state index contributed by atoms with van der Waals surface area (Å²) in [6, 6.07) is 0.583. The zero-order valence-electron chi connectivity index (χ0n) is 10.5. The number of nitrogens with two attached hydrogens (primary N) is 1. The molecule has 0 aromatic rings. The SMILES string of the molecule is CN(CC1CCCCO1)C(CN)C1CCC1. The van der Waals surface area contributed by atoms with Crippen molar-refractivity contribution in [1.82, 2.24) is 4.90 Å². The van der Waals surface area contributed by atoms with E-state index in [-0.39, 0.29) is 0 Å². The van der Waals surface area contributed by atoms with Crippen molar-refractivity contribution in [3.05, 3.63) is 0 Å². The lowest BCUT2D eigenvalue weighted by atomic mass is 9.79. The Bertz CT molecular complexity index is 200. The minimum atomic E-state index is 0.452. The van der Waals surface area contributed by atoms with Crippen LogP contribution in [0.15, 0.2) is 0 Å². The molecule has 2 rings (SSSR count). The maximum absolute atomic E-state index is 5.91. The number of ether oxygens (including phenoxy) is 1. The Morgan fingerprint density at radius 2 is 2.06 bits per heavy atom. The maximum Gasteiger partial charge on any atom is 0.0702 e. The van der Waals surface area contributed by atoms with Crippen LogP contribution in [-0.2, 0) is 4.74 Å². The standard InChI is InChI=1S/C13H26N2O/c1-15(10-12-7-2-3-8-16-12)13(9-14)11-5-4-6-11/h11-13H,2-10,14H2,1H3. The van der Waals surface area contributed by atoms with Crippen LogP contribution in [0.4, 0.5) is 0 Å². The molecular formula is C13H26N2O. The summed E-state index contributed by atoms with van der Waals surface area (Å²) >= 11 is 0. The van der Waals surface area contributed by atoms with E-state index in [0.29, 0.717) is 12.1 Å². The summed E-state index contributed by atoms with van der Waals surface area (Å²) in [6.45, 7) is 2.82. The Morgan fingerprint density at radius 3 is 2.56 bits per heavy atom. The average molecular weight is 226 g/mol. The van der Waals surface area contributed by atoms with Crippen molar-refractivity contribution < 1.29 is 4.74 Å². The summed E-state index contributed by atoms with van der Waals surface area (Å²) in [5, 5.41) is 0. The van der Waals surface area contributed by atoms with Crippen molar-refractivity contribution in [1.29, 1.82) is 0 Å². The largest absolute Gasteiger partial charge is 0.377 e. The van der Waals surface area contributed by atoms with Crippen molar-refractivity contribution in [3.8, 4) is 0 Å². The highest BCUT2D eigenvalue weighted by atomic mass is 16.5. The molecule has 1 heterocycles. The van der Waals surface area contributed by atoms with E-state index in [0.717, 1.165) is 25.6 Å². The predicted molar refractivity (Wildman–Crippen MR) is 66.4 cm³/mol. The van der Waals surface area contributed by atoms with Crippen LogP contribution in [-0.4, -0.2) is 43.8 Å². The van der Waals surface area contributed by atoms with Gasteiger partial charge in [-0.1, -0.05) is 6.42 Å². The zero-order valence-corrected chi connectivity index (χ0v) is 10.5. The fraction of sp³-hybridized carbons (Fsp3) is 1.00. The third-order valence-corrected chi connectivity index (χ3v) is 4.27. The first-order chi connectivity index (χ1) is 7.81. The molecule has 2 aliphatic rings. The van der Waals surface area contributed by atoms with E-state index in [1.807, 2.05) is 0 Å². The Balaban J connectivity index is 1.77. The lowest BCUT2D eigenvalue weighted by molar-refractivity contribution is -0.0162. The Kier molecular flexibility index (Phi) is 4.62. The maximum atomic E-state index is 5.91. The normalized spacial score (nSPS) is 29.1. The Morgan fingerprint density at radius 1 is 1.25 bits per heavy atom. The van der Waals surface area contributed by atoms with Gasteiger partial charge < -0.3 is 10.5 Å². The van der Waals surface area contributed by atoms with Gasteiger partial charge >= 0.3 is 0 Å². The van der Waals surface area contributed by atoms with E-state index in [1.54, 1.807) is 0 Å². The van der Waals surface area contributed by atoms with Gasteiger partial charge in [0.25, 0.3) is 0 Å². The third-order valence-electron chi connectivity index (χ3n) is 4.27. The van der Waals surface area contributed by atoms with Crippen LogP contribution in [0.1, 0.15) is 38.5 Å². The quantitative estimate of drug-likeness (QED) is 0.774. The Hall–Kier alpha value is -0.120. The highest BCUT2D eigenvalue weighted by Gasteiger charge is 2.30. The summed E-state index contributed by atoms with van der Waals surface area (Å²) in [5.41, 5.74) is 5.91. The first-order valence-corrected chi connectivity index (χ1v) is 6.83. The molecule has 0 aromatic heterocycles. The number of rotatable bonds is 5. The second kappa shape index (κ2) is 5.99. The molecule has 16 heavy (non-hydrogen) atoms. The molecular weight excluding hydrogens is 200 g/mol. The molecule has 3 nitrogen and oxygen atoms in total. The van der Waals surface area contributed by atoms with Crippen molar-refractivity contribution in [2.45, 2.75) is 50.7 Å². The zero-order chi connectivity index (χ0) is 11.4. The second-order valence-electron chi connectivity index (χ2n) is 5.42. The van der Waals surface area contributed by atoms with Crippen molar-refractivity contribution in [2.75, 3.05) is 26.7 Å². The molecule has 2 unspecified atom stereocenters. The van der Waals surface area contributed by atoms with E-state index in [2.05, 4.69) is 11.9 Å². The first kappa shape index (κ1) is 12.3. The summed E-state index contributed by atoms with van der Waals surface area (Å²) in [4.78, 5) is 2.44. The number of hydrogen-bond acceptors (Lipinski definition) is 3. The molecule has 0 radical (unpaired) electrons. The summed E-state index contributed by atoms with van der Waals surface area (Å²) in [7, 11) is 2.22. The van der Waals surface area contributed by atoms with Gasteiger partial charge in [0.05, 0.1) is 6.10 Å². The lowest BCUT2D eigenvalue weighted by Gasteiger charge is -2.40. The van der Waals surface area contributed by atoms with Crippen LogP contribution in [0.25, 0.3) is 0 Å². The molecule has 0 bridgehead atoms. The summed E-state index contributed by atoms with van der Waals surface area (Å²) < 4.78 is 5.79. The molecule has 3 heteroatoms. The van der Waals surface area contributed by atoms with Crippen molar-refractivity contribution in [3.63, 3.8) is 0 Å². The molecule has 0 aromatic carbocycles. The fourth-order valence-electron chi connectivity index (χ4n) is 2.96. The van der Waals surface area contributed by atoms with Crippen LogP contribution < -0.4 is 5.73 Å². The molecule has 1 aliphatic heterocycles. The van der Waals surface area contributed by atoms with E-state index in [9.17, 15) is 0 Å². The molecule has 0 spiro atoms. The van der Waals surface area contributed by atoms with Crippen LogP contribution in [0.3, 0.4) is 0 Å². The first-order valence-electron chi connectivity index (χ1n) is 6.83.